The highest BCUT2D eigenvalue weighted by molar-refractivity contribution is 7.98. The van der Waals surface area contributed by atoms with Gasteiger partial charge in [-0.25, -0.2) is 4.98 Å². The van der Waals surface area contributed by atoms with E-state index in [1.165, 1.54) is 11.8 Å². The van der Waals surface area contributed by atoms with Crippen molar-refractivity contribution in [3.63, 3.8) is 0 Å². The number of thioether (sulfide) groups is 1. The fourth-order valence-electron chi connectivity index (χ4n) is 1.71. The van der Waals surface area contributed by atoms with Gasteiger partial charge in [0.2, 0.25) is 0 Å². The van der Waals surface area contributed by atoms with E-state index in [1.54, 1.807) is 0 Å². The van der Waals surface area contributed by atoms with Crippen LogP contribution in [0.3, 0.4) is 0 Å². The molecule has 0 fully saturated rings. The number of nitrogens with zero attached hydrogens (tertiary/aromatic N) is 3. The summed E-state index contributed by atoms with van der Waals surface area (Å²) in [5, 5.41) is 5.18. The van der Waals surface area contributed by atoms with Crippen LogP contribution in [0, 0.1) is 0 Å². The van der Waals surface area contributed by atoms with E-state index in [1.807, 2.05) is 36.6 Å². The van der Waals surface area contributed by atoms with Gasteiger partial charge in [0.25, 0.3) is 5.71 Å². The molecule has 0 bridgehead atoms. The zero-order valence-corrected chi connectivity index (χ0v) is 10.4. The molecule has 0 aliphatic rings. The van der Waals surface area contributed by atoms with Crippen LogP contribution in [0.2, 0.25) is 0 Å². The third-order valence-electron chi connectivity index (χ3n) is 2.55. The summed E-state index contributed by atoms with van der Waals surface area (Å²) in [6, 6.07) is 9.73. The SMILES string of the molecule is CSc1nc(-c2ccccc2)nc2onc(N)c12. The predicted molar refractivity (Wildman–Crippen MR) is 71.2 cm³/mol. The van der Waals surface area contributed by atoms with E-state index in [-0.39, 0.29) is 0 Å². The van der Waals surface area contributed by atoms with Gasteiger partial charge in [-0.3, -0.25) is 0 Å². The summed E-state index contributed by atoms with van der Waals surface area (Å²) in [5.41, 5.74) is 7.10. The number of nitrogens with two attached hydrogens (primary N) is 1. The van der Waals surface area contributed by atoms with Crippen LogP contribution >= 0.6 is 11.8 Å². The van der Waals surface area contributed by atoms with Crippen molar-refractivity contribution in [1.29, 1.82) is 0 Å². The Labute approximate surface area is 107 Å². The highest BCUT2D eigenvalue weighted by Gasteiger charge is 2.15. The van der Waals surface area contributed by atoms with Crippen LogP contribution in [0.25, 0.3) is 22.5 Å². The molecular formula is C12H10N4OS. The maximum absolute atomic E-state index is 5.74. The number of anilines is 1. The smallest absolute Gasteiger partial charge is 0.264 e. The predicted octanol–water partition coefficient (Wildman–Crippen LogP) is 2.59. The zero-order chi connectivity index (χ0) is 12.5. The fourth-order valence-corrected chi connectivity index (χ4v) is 2.28. The third-order valence-corrected chi connectivity index (χ3v) is 3.24. The van der Waals surface area contributed by atoms with Crippen molar-refractivity contribution in [2.75, 3.05) is 12.0 Å². The molecule has 0 radical (unpaired) electrons. The largest absolute Gasteiger partial charge is 0.380 e. The van der Waals surface area contributed by atoms with Crippen molar-refractivity contribution in [3.8, 4) is 11.4 Å². The second-order valence-corrected chi connectivity index (χ2v) is 4.47. The van der Waals surface area contributed by atoms with Crippen LogP contribution in [0.4, 0.5) is 5.82 Å². The molecule has 3 aromatic rings. The molecule has 0 saturated carbocycles. The molecule has 6 heteroatoms. The number of rotatable bonds is 2. The van der Waals surface area contributed by atoms with Gasteiger partial charge in [-0.2, -0.15) is 4.98 Å². The van der Waals surface area contributed by atoms with Gasteiger partial charge in [0.1, 0.15) is 10.4 Å². The minimum absolute atomic E-state index is 0.328. The molecule has 2 aromatic heterocycles. The van der Waals surface area contributed by atoms with Crippen molar-refractivity contribution in [1.82, 2.24) is 15.1 Å². The number of nitrogen functional groups attached to an aromatic ring is 1. The minimum atomic E-state index is 0.328. The topological polar surface area (TPSA) is 77.8 Å². The first-order valence-electron chi connectivity index (χ1n) is 5.32. The summed E-state index contributed by atoms with van der Waals surface area (Å²) in [4.78, 5) is 8.84. The quantitative estimate of drug-likeness (QED) is 0.562. The Bertz CT molecular complexity index is 696. The van der Waals surface area contributed by atoms with Crippen molar-refractivity contribution < 1.29 is 4.52 Å². The van der Waals surface area contributed by atoms with Gasteiger partial charge in [-0.15, -0.1) is 11.8 Å². The highest BCUT2D eigenvalue weighted by atomic mass is 32.2. The van der Waals surface area contributed by atoms with Crippen molar-refractivity contribution in [3.05, 3.63) is 30.3 Å². The van der Waals surface area contributed by atoms with E-state index in [0.29, 0.717) is 22.7 Å². The first kappa shape index (κ1) is 11.0. The minimum Gasteiger partial charge on any atom is -0.380 e. The molecule has 0 spiro atoms. The summed E-state index contributed by atoms with van der Waals surface area (Å²) < 4.78 is 5.11. The molecule has 18 heavy (non-hydrogen) atoms. The van der Waals surface area contributed by atoms with Crippen LogP contribution < -0.4 is 5.73 Å². The van der Waals surface area contributed by atoms with Crippen LogP contribution in [0.1, 0.15) is 0 Å². The Morgan fingerprint density at radius 1 is 1.17 bits per heavy atom. The second-order valence-electron chi connectivity index (χ2n) is 3.67. The van der Waals surface area contributed by atoms with E-state index in [0.717, 1.165) is 10.6 Å². The molecule has 5 nitrogen and oxygen atoms in total. The first-order valence-corrected chi connectivity index (χ1v) is 6.54. The summed E-state index contributed by atoms with van der Waals surface area (Å²) >= 11 is 1.49. The average molecular weight is 258 g/mol. The maximum atomic E-state index is 5.74. The van der Waals surface area contributed by atoms with E-state index in [9.17, 15) is 0 Å². The van der Waals surface area contributed by atoms with Gasteiger partial charge in [0.15, 0.2) is 11.6 Å². The molecule has 2 heterocycles. The lowest BCUT2D eigenvalue weighted by molar-refractivity contribution is 0.452. The standard InChI is InChI=1S/C12H10N4OS/c1-18-12-8-9(13)16-17-11(8)14-10(15-12)7-5-3-2-4-6-7/h2-6H,1H3,(H2,13,16). The van der Waals surface area contributed by atoms with Crippen LogP contribution in [0.15, 0.2) is 39.9 Å². The molecular weight excluding hydrogens is 248 g/mol. The summed E-state index contributed by atoms with van der Waals surface area (Å²) in [7, 11) is 0. The lowest BCUT2D eigenvalue weighted by Crippen LogP contribution is -1.93. The molecule has 0 amide bonds. The Morgan fingerprint density at radius 3 is 2.67 bits per heavy atom. The Kier molecular flexibility index (Phi) is 2.64. The van der Waals surface area contributed by atoms with Crippen LogP contribution in [-0.2, 0) is 0 Å². The Hall–Kier alpha value is -2.08. The summed E-state index contributed by atoms with van der Waals surface area (Å²) in [6.45, 7) is 0. The van der Waals surface area contributed by atoms with Gasteiger partial charge in [0.05, 0.1) is 0 Å². The van der Waals surface area contributed by atoms with Crippen molar-refractivity contribution in [2.24, 2.45) is 0 Å². The number of benzene rings is 1. The molecule has 90 valence electrons. The van der Waals surface area contributed by atoms with E-state index >= 15 is 0 Å². The summed E-state index contributed by atoms with van der Waals surface area (Å²) in [6.07, 6.45) is 1.93. The fraction of sp³-hybridized carbons (Fsp3) is 0.0833. The zero-order valence-electron chi connectivity index (χ0n) is 9.62. The average Bonchev–Trinajstić information content (AvgIpc) is 2.81. The van der Waals surface area contributed by atoms with E-state index in [4.69, 9.17) is 10.3 Å². The van der Waals surface area contributed by atoms with E-state index in [2.05, 4.69) is 15.1 Å². The molecule has 2 N–H and O–H groups in total. The molecule has 1 aromatic carbocycles. The molecule has 0 saturated heterocycles. The van der Waals surface area contributed by atoms with Crippen LogP contribution in [-0.4, -0.2) is 21.4 Å². The van der Waals surface area contributed by atoms with Gasteiger partial charge in [-0.1, -0.05) is 35.5 Å². The van der Waals surface area contributed by atoms with Crippen molar-refractivity contribution in [2.45, 2.75) is 5.03 Å². The third kappa shape index (κ3) is 1.70. The highest BCUT2D eigenvalue weighted by Crippen LogP contribution is 2.30. The lowest BCUT2D eigenvalue weighted by Gasteiger charge is -2.02. The Balaban J connectivity index is 2.27. The van der Waals surface area contributed by atoms with E-state index < -0.39 is 0 Å². The number of aromatic nitrogens is 3. The van der Waals surface area contributed by atoms with Gasteiger partial charge >= 0.3 is 0 Å². The number of hydrogen-bond acceptors (Lipinski definition) is 6. The normalized spacial score (nSPS) is 10.9. The monoisotopic (exact) mass is 258 g/mol. The maximum Gasteiger partial charge on any atom is 0.264 e. The lowest BCUT2D eigenvalue weighted by atomic mass is 10.2. The molecule has 0 aliphatic heterocycles. The van der Waals surface area contributed by atoms with Gasteiger partial charge in [0, 0.05) is 5.56 Å². The number of fused-ring (bicyclic) bond motifs is 1. The molecule has 0 atom stereocenters. The Morgan fingerprint density at radius 2 is 1.94 bits per heavy atom. The first-order chi connectivity index (χ1) is 8.79. The van der Waals surface area contributed by atoms with Crippen LogP contribution in [0.5, 0.6) is 0 Å². The number of hydrogen-bond donors (Lipinski definition) is 1. The molecule has 3 rings (SSSR count). The van der Waals surface area contributed by atoms with Crippen molar-refractivity contribution >= 4 is 28.7 Å². The second kappa shape index (κ2) is 4.30. The van der Waals surface area contributed by atoms with Gasteiger partial charge < -0.3 is 10.3 Å². The van der Waals surface area contributed by atoms with Gasteiger partial charge in [-0.05, 0) is 6.26 Å². The molecule has 0 aliphatic carbocycles. The molecule has 0 unspecified atom stereocenters. The summed E-state index contributed by atoms with van der Waals surface area (Å²) in [5.74, 6) is 0.942.